The number of aromatic nitrogens is 2. The second-order valence-corrected chi connectivity index (χ2v) is 21.5. The van der Waals surface area contributed by atoms with Gasteiger partial charge in [-0.1, -0.05) is 72.8 Å². The topological polar surface area (TPSA) is 184 Å². The van der Waals surface area contributed by atoms with Gasteiger partial charge in [-0.2, -0.15) is 10.2 Å². The fourth-order valence-corrected chi connectivity index (χ4v) is 12.6. The summed E-state index contributed by atoms with van der Waals surface area (Å²) in [5.74, 6) is -3.37. The van der Waals surface area contributed by atoms with E-state index in [0.29, 0.717) is 113 Å². The van der Waals surface area contributed by atoms with Crippen LogP contribution in [0.4, 0.5) is 34.1 Å². The molecular formula is C70H40N8O8. The molecule has 408 valence electrons. The van der Waals surface area contributed by atoms with E-state index < -0.39 is 47.3 Å². The molecule has 6 heterocycles. The number of imide groups is 4. The van der Waals surface area contributed by atoms with Crippen LogP contribution in [0.5, 0.6) is 0 Å². The Bertz CT molecular complexity index is 4430. The van der Waals surface area contributed by atoms with Gasteiger partial charge in [0, 0.05) is 56.7 Å². The Morgan fingerprint density at radius 2 is 0.453 bits per heavy atom. The molecule has 0 spiro atoms. The molecule has 4 aliphatic rings. The lowest BCUT2D eigenvalue weighted by atomic mass is 10.1. The molecule has 0 unspecified atom stereocenters. The van der Waals surface area contributed by atoms with Gasteiger partial charge in [-0.25, -0.2) is 19.6 Å². The highest BCUT2D eigenvalue weighted by atomic mass is 16.2. The van der Waals surface area contributed by atoms with Gasteiger partial charge in [-0.3, -0.25) is 38.4 Å². The van der Waals surface area contributed by atoms with E-state index in [1.165, 1.54) is 19.6 Å². The summed E-state index contributed by atoms with van der Waals surface area (Å²) < 4.78 is 4.23. The third-order valence-corrected chi connectivity index (χ3v) is 16.7. The Morgan fingerprint density at radius 1 is 0.244 bits per heavy atom. The fraction of sp³-hybridized carbons (Fsp3) is 0.0286. The molecule has 86 heavy (non-hydrogen) atoms. The summed E-state index contributed by atoms with van der Waals surface area (Å²) in [6.45, 7) is 0.816. The molecule has 16 heteroatoms. The Labute approximate surface area is 487 Å². The molecule has 10 aromatic carbocycles. The van der Waals surface area contributed by atoms with Crippen molar-refractivity contribution in [1.29, 1.82) is 0 Å². The second kappa shape index (κ2) is 18.7. The number of carbonyl (C=O) groups is 8. The van der Waals surface area contributed by atoms with E-state index in [0.717, 1.165) is 33.2 Å². The van der Waals surface area contributed by atoms with Gasteiger partial charge in [0.1, 0.15) is 0 Å². The zero-order valence-electron chi connectivity index (χ0n) is 45.0. The molecule has 12 aromatic rings. The van der Waals surface area contributed by atoms with Crippen LogP contribution in [-0.2, 0) is 13.1 Å². The predicted molar refractivity (Wildman–Crippen MR) is 324 cm³/mol. The van der Waals surface area contributed by atoms with Crippen LogP contribution in [0.15, 0.2) is 229 Å². The molecule has 0 saturated carbocycles. The van der Waals surface area contributed by atoms with Crippen molar-refractivity contribution in [3.8, 4) is 0 Å². The summed E-state index contributed by atoms with van der Waals surface area (Å²) in [7, 11) is 0. The number of anilines is 4. The zero-order valence-corrected chi connectivity index (χ0v) is 45.0. The number of benzene rings is 10. The van der Waals surface area contributed by atoms with Crippen LogP contribution < -0.4 is 19.6 Å². The number of hydrogen-bond acceptors (Lipinski definition) is 10. The average molecular weight is 1120 g/mol. The molecule has 0 N–H and O–H groups in total. The van der Waals surface area contributed by atoms with Crippen molar-refractivity contribution in [2.75, 3.05) is 19.6 Å². The number of rotatable bonds is 10. The number of amides is 8. The highest BCUT2D eigenvalue weighted by Gasteiger charge is 2.40. The Morgan fingerprint density at radius 3 is 0.663 bits per heavy atom. The smallest absolute Gasteiger partial charge is 0.266 e. The van der Waals surface area contributed by atoms with Crippen LogP contribution in [0.25, 0.3) is 43.6 Å². The summed E-state index contributed by atoms with van der Waals surface area (Å²) in [5.41, 5.74) is 10.5. The molecule has 8 amide bonds. The van der Waals surface area contributed by atoms with Gasteiger partial charge < -0.3 is 9.13 Å². The summed E-state index contributed by atoms with van der Waals surface area (Å²) in [6.07, 6.45) is 0. The quantitative estimate of drug-likeness (QED) is 0.0956. The summed E-state index contributed by atoms with van der Waals surface area (Å²) in [6, 6.07) is 64.1. The number of carbonyl (C=O) groups excluding carboxylic acids is 8. The van der Waals surface area contributed by atoms with Crippen LogP contribution in [-0.4, -0.2) is 56.4 Å². The molecule has 2 aromatic heterocycles. The molecule has 0 bridgehead atoms. The first kappa shape index (κ1) is 49.7. The van der Waals surface area contributed by atoms with Crippen LogP contribution in [0.3, 0.4) is 0 Å². The standard InChI is InChI=1S/C70H40N8O8/c79-63-47-9-1-2-10-48(47)64(80)75(63)43-25-29-59-55(33-43)56-34-44(76-65(81)49-11-3-4-12-50(49)66(76)82)26-30-60(56)73(59)37-39-17-21-41(22-18-39)71-72-42-23-19-40(20-24-42)38-74-61-31-27-45(77-67(83)51-13-5-6-14-52(51)68(77)84)35-57(61)58-36-46(28-32-62(58)74)78-69(85)53-15-7-8-16-54(53)70(78)86/h1-36H,37-38H2. The first-order chi connectivity index (χ1) is 42.0. The summed E-state index contributed by atoms with van der Waals surface area (Å²) in [5, 5.41) is 12.0. The van der Waals surface area contributed by atoms with Crippen molar-refractivity contribution in [3.63, 3.8) is 0 Å². The maximum atomic E-state index is 13.7. The van der Waals surface area contributed by atoms with Gasteiger partial charge in [0.25, 0.3) is 47.3 Å². The van der Waals surface area contributed by atoms with Crippen molar-refractivity contribution in [2.24, 2.45) is 10.2 Å². The van der Waals surface area contributed by atoms with E-state index in [2.05, 4.69) is 19.4 Å². The van der Waals surface area contributed by atoms with E-state index in [1.807, 2.05) is 97.1 Å². The first-order valence-electron chi connectivity index (χ1n) is 27.6. The molecule has 0 atom stereocenters. The molecule has 16 rings (SSSR count). The minimum Gasteiger partial charge on any atom is -0.336 e. The maximum Gasteiger partial charge on any atom is 0.266 e. The molecule has 0 radical (unpaired) electrons. The van der Waals surface area contributed by atoms with E-state index in [-0.39, 0.29) is 0 Å². The number of fused-ring (bicyclic) bond motifs is 10. The van der Waals surface area contributed by atoms with E-state index >= 15 is 0 Å². The van der Waals surface area contributed by atoms with Gasteiger partial charge in [0.15, 0.2) is 0 Å². The largest absolute Gasteiger partial charge is 0.336 e. The lowest BCUT2D eigenvalue weighted by molar-refractivity contribution is 0.0910. The van der Waals surface area contributed by atoms with Crippen LogP contribution in [0, 0.1) is 0 Å². The van der Waals surface area contributed by atoms with Crippen LogP contribution in [0.1, 0.15) is 94.0 Å². The van der Waals surface area contributed by atoms with Gasteiger partial charge >= 0.3 is 0 Å². The zero-order chi connectivity index (χ0) is 58.2. The van der Waals surface area contributed by atoms with Gasteiger partial charge in [-0.05, 0) is 157 Å². The lowest BCUT2D eigenvalue weighted by Crippen LogP contribution is -2.29. The average Bonchev–Trinajstić information content (AvgIpc) is 2.11. The van der Waals surface area contributed by atoms with Crippen LogP contribution in [0.2, 0.25) is 0 Å². The van der Waals surface area contributed by atoms with E-state index in [9.17, 15) is 38.4 Å². The number of azo groups is 1. The first-order valence-corrected chi connectivity index (χ1v) is 27.6. The molecular weight excluding hydrogens is 1080 g/mol. The van der Waals surface area contributed by atoms with E-state index in [4.69, 9.17) is 0 Å². The van der Waals surface area contributed by atoms with Gasteiger partial charge in [-0.15, -0.1) is 0 Å². The normalized spacial score (nSPS) is 14.7. The monoisotopic (exact) mass is 1120 g/mol. The maximum absolute atomic E-state index is 13.7. The Balaban J connectivity index is 0.681. The molecule has 0 saturated heterocycles. The van der Waals surface area contributed by atoms with Crippen LogP contribution >= 0.6 is 0 Å². The number of nitrogens with zero attached hydrogens (tertiary/aromatic N) is 8. The highest BCUT2D eigenvalue weighted by molar-refractivity contribution is 6.38. The molecule has 0 aliphatic carbocycles. The van der Waals surface area contributed by atoms with Crippen molar-refractivity contribution < 1.29 is 38.4 Å². The molecule has 16 nitrogen and oxygen atoms in total. The van der Waals surface area contributed by atoms with Crippen molar-refractivity contribution in [1.82, 2.24) is 9.13 Å². The third-order valence-electron chi connectivity index (χ3n) is 16.7. The summed E-state index contributed by atoms with van der Waals surface area (Å²) in [4.78, 5) is 114. The molecule has 4 aliphatic heterocycles. The SMILES string of the molecule is O=C1c2ccccc2C(=O)N1c1ccc2c(c1)c1cc(N3C(=O)c4ccccc4C3=O)ccc1n2Cc1ccc(N=Nc2ccc(Cn3c4ccc(N5C(=O)c6ccccc6C5=O)cc4c4cc(N5C(=O)c6ccccc6C5=O)ccc43)cc2)cc1. The number of hydrogen-bond donors (Lipinski definition) is 0. The third kappa shape index (κ3) is 7.42. The molecule has 0 fully saturated rings. The van der Waals surface area contributed by atoms with Crippen molar-refractivity contribution >= 4 is 125 Å². The van der Waals surface area contributed by atoms with E-state index in [1.54, 1.807) is 121 Å². The Kier molecular flexibility index (Phi) is 10.8. The Hall–Kier alpha value is -12.0. The minimum atomic E-state index is -0.421. The lowest BCUT2D eigenvalue weighted by Gasteiger charge is -2.15. The fourth-order valence-electron chi connectivity index (χ4n) is 12.6. The predicted octanol–water partition coefficient (Wildman–Crippen LogP) is 13.6. The van der Waals surface area contributed by atoms with Crippen molar-refractivity contribution in [2.45, 2.75) is 13.1 Å². The summed E-state index contributed by atoms with van der Waals surface area (Å²) >= 11 is 0. The minimum absolute atomic E-state index is 0.327. The van der Waals surface area contributed by atoms with Gasteiger partial charge in [0.05, 0.1) is 78.6 Å². The van der Waals surface area contributed by atoms with Gasteiger partial charge in [0.2, 0.25) is 0 Å². The highest BCUT2D eigenvalue weighted by Crippen LogP contribution is 2.42. The van der Waals surface area contributed by atoms with Crippen molar-refractivity contribution in [3.05, 3.63) is 274 Å². The second-order valence-electron chi connectivity index (χ2n) is 21.5.